The van der Waals surface area contributed by atoms with E-state index in [2.05, 4.69) is 5.32 Å². The number of carbonyl (C=O) groups excluding carboxylic acids is 1. The van der Waals surface area contributed by atoms with Gasteiger partial charge in [-0.2, -0.15) is 0 Å². The predicted molar refractivity (Wildman–Crippen MR) is 123 cm³/mol. The van der Waals surface area contributed by atoms with Crippen molar-refractivity contribution in [1.82, 2.24) is 5.32 Å². The molecule has 0 heterocycles. The summed E-state index contributed by atoms with van der Waals surface area (Å²) in [6, 6.07) is 20.4. The molecule has 0 aliphatic rings. The van der Waals surface area contributed by atoms with Gasteiger partial charge in [-0.05, 0) is 46.5 Å². The third kappa shape index (κ3) is 6.75. The van der Waals surface area contributed by atoms with Crippen molar-refractivity contribution in [2.24, 2.45) is 0 Å². The van der Waals surface area contributed by atoms with Crippen LogP contribution in [0.3, 0.4) is 0 Å². The highest BCUT2D eigenvalue weighted by Crippen LogP contribution is 2.27. The van der Waals surface area contributed by atoms with Crippen molar-refractivity contribution in [2.75, 3.05) is 13.7 Å². The zero-order chi connectivity index (χ0) is 22.9. The Kier molecular flexibility index (Phi) is 8.11. The highest BCUT2D eigenvalue weighted by molar-refractivity contribution is 6.30. The Labute approximate surface area is 191 Å². The molecule has 2 N–H and O–H groups in total. The Hall–Kier alpha value is -3.51. The summed E-state index contributed by atoms with van der Waals surface area (Å²) >= 11 is 5.87. The average molecular weight is 454 g/mol. The predicted octanol–water partition coefficient (Wildman–Crippen LogP) is 5.11. The number of aliphatic carboxylic acids is 1. The Balaban J connectivity index is 1.61. The van der Waals surface area contributed by atoms with E-state index in [9.17, 15) is 9.59 Å². The summed E-state index contributed by atoms with van der Waals surface area (Å²) in [6.45, 7) is 0.479. The number of nitrogens with one attached hydrogen (secondary N) is 1. The van der Waals surface area contributed by atoms with E-state index >= 15 is 0 Å². The number of carbonyl (C=O) groups is 2. The molecule has 166 valence electrons. The van der Waals surface area contributed by atoms with Crippen molar-refractivity contribution in [2.45, 2.75) is 19.4 Å². The number of carboxylic acids is 1. The molecule has 0 fully saturated rings. The van der Waals surface area contributed by atoms with Gasteiger partial charge in [0.25, 0.3) is 0 Å². The summed E-state index contributed by atoms with van der Waals surface area (Å²) < 4.78 is 10.7. The van der Waals surface area contributed by atoms with Gasteiger partial charge in [-0.25, -0.2) is 4.79 Å². The molecule has 0 aromatic heterocycles. The highest BCUT2D eigenvalue weighted by Gasteiger charge is 2.10. The third-order valence-corrected chi connectivity index (χ3v) is 5.11. The van der Waals surface area contributed by atoms with E-state index in [1.54, 1.807) is 25.3 Å². The maximum atomic E-state index is 12.1. The molecular weight excluding hydrogens is 430 g/mol. The average Bonchev–Trinajstić information content (AvgIpc) is 2.78. The lowest BCUT2D eigenvalue weighted by Crippen LogP contribution is -2.24. The standard InChI is InChI=1S/C25H24ClNO5/c1-31-23-10-7-20(19-4-2-3-18(13-19)14-24(28)29)15-21(23)16-27-25(30)32-12-11-17-5-8-22(26)9-6-17/h2-10,13,15H,11-12,14,16H2,1H3,(H,27,30)(H,28,29). The number of carboxylic acid groups (broad SMARTS) is 1. The van der Waals surface area contributed by atoms with Crippen LogP contribution in [0, 0.1) is 0 Å². The number of ether oxygens (including phenoxy) is 2. The van der Waals surface area contributed by atoms with Gasteiger partial charge in [0, 0.05) is 23.6 Å². The van der Waals surface area contributed by atoms with Crippen molar-refractivity contribution in [1.29, 1.82) is 0 Å². The van der Waals surface area contributed by atoms with E-state index in [0.717, 1.165) is 27.8 Å². The fraction of sp³-hybridized carbons (Fsp3) is 0.200. The van der Waals surface area contributed by atoms with Crippen LogP contribution in [0.5, 0.6) is 5.75 Å². The lowest BCUT2D eigenvalue weighted by atomic mass is 9.99. The number of benzene rings is 3. The van der Waals surface area contributed by atoms with Crippen LogP contribution in [0.25, 0.3) is 11.1 Å². The van der Waals surface area contributed by atoms with Crippen LogP contribution < -0.4 is 10.1 Å². The molecule has 7 heteroatoms. The van der Waals surface area contributed by atoms with Crippen LogP contribution in [0.4, 0.5) is 4.79 Å². The molecule has 0 saturated carbocycles. The monoisotopic (exact) mass is 453 g/mol. The molecule has 32 heavy (non-hydrogen) atoms. The van der Waals surface area contributed by atoms with E-state index in [1.807, 2.05) is 48.5 Å². The Morgan fingerprint density at radius 3 is 2.44 bits per heavy atom. The lowest BCUT2D eigenvalue weighted by molar-refractivity contribution is -0.136. The summed E-state index contributed by atoms with van der Waals surface area (Å²) in [6.07, 6.45) is 0.0333. The largest absolute Gasteiger partial charge is 0.496 e. The second-order valence-electron chi connectivity index (χ2n) is 7.16. The Bertz CT molecular complexity index is 1080. The van der Waals surface area contributed by atoms with Gasteiger partial charge in [-0.3, -0.25) is 4.79 Å². The third-order valence-electron chi connectivity index (χ3n) is 4.86. The fourth-order valence-electron chi connectivity index (χ4n) is 3.26. The van der Waals surface area contributed by atoms with Crippen molar-refractivity contribution >= 4 is 23.7 Å². The topological polar surface area (TPSA) is 84.9 Å². The van der Waals surface area contributed by atoms with E-state index in [1.165, 1.54) is 0 Å². The molecule has 0 unspecified atom stereocenters. The summed E-state index contributed by atoms with van der Waals surface area (Å²) in [5, 5.41) is 12.4. The van der Waals surface area contributed by atoms with Crippen LogP contribution in [0.15, 0.2) is 66.7 Å². The summed E-state index contributed by atoms with van der Waals surface area (Å²) in [5.41, 5.74) is 4.31. The van der Waals surface area contributed by atoms with Gasteiger partial charge in [0.1, 0.15) is 5.75 Å². The number of hydrogen-bond donors (Lipinski definition) is 2. The zero-order valence-corrected chi connectivity index (χ0v) is 18.4. The first-order chi connectivity index (χ1) is 15.4. The lowest BCUT2D eigenvalue weighted by Gasteiger charge is -2.13. The second-order valence-corrected chi connectivity index (χ2v) is 7.60. The van der Waals surface area contributed by atoms with Crippen LogP contribution in [-0.2, 0) is 28.9 Å². The molecule has 3 aromatic rings. The number of methoxy groups -OCH3 is 1. The molecule has 0 aliphatic heterocycles. The molecule has 3 aromatic carbocycles. The summed E-state index contributed by atoms with van der Waals surface area (Å²) in [7, 11) is 1.57. The molecule has 0 aliphatic carbocycles. The first kappa shape index (κ1) is 23.2. The maximum absolute atomic E-state index is 12.1. The quantitative estimate of drug-likeness (QED) is 0.470. The van der Waals surface area contributed by atoms with Crippen LogP contribution in [0.2, 0.25) is 5.02 Å². The normalized spacial score (nSPS) is 10.4. The van der Waals surface area contributed by atoms with Crippen LogP contribution in [0.1, 0.15) is 16.7 Å². The minimum absolute atomic E-state index is 0.0414. The number of alkyl carbamates (subject to hydrolysis) is 1. The number of hydrogen-bond acceptors (Lipinski definition) is 4. The van der Waals surface area contributed by atoms with Crippen molar-refractivity contribution < 1.29 is 24.2 Å². The van der Waals surface area contributed by atoms with Crippen LogP contribution in [-0.4, -0.2) is 30.9 Å². The van der Waals surface area contributed by atoms with Gasteiger partial charge >= 0.3 is 12.1 Å². The van der Waals surface area contributed by atoms with Gasteiger partial charge in [-0.15, -0.1) is 0 Å². The Morgan fingerprint density at radius 1 is 0.969 bits per heavy atom. The molecule has 6 nitrogen and oxygen atoms in total. The van der Waals surface area contributed by atoms with Crippen LogP contribution >= 0.6 is 11.6 Å². The van der Waals surface area contributed by atoms with Gasteiger partial charge in [0.15, 0.2) is 0 Å². The fourth-order valence-corrected chi connectivity index (χ4v) is 3.39. The molecule has 0 radical (unpaired) electrons. The second kappa shape index (κ2) is 11.2. The van der Waals surface area contributed by atoms with Gasteiger partial charge < -0.3 is 19.9 Å². The van der Waals surface area contributed by atoms with E-state index in [0.29, 0.717) is 17.2 Å². The number of rotatable bonds is 9. The first-order valence-corrected chi connectivity index (χ1v) is 10.5. The minimum atomic E-state index is -0.878. The zero-order valence-electron chi connectivity index (χ0n) is 17.6. The molecule has 0 bridgehead atoms. The summed E-state index contributed by atoms with van der Waals surface area (Å²) in [4.78, 5) is 23.1. The van der Waals surface area contributed by atoms with E-state index < -0.39 is 12.1 Å². The number of halogens is 1. The van der Waals surface area contributed by atoms with Gasteiger partial charge in [0.2, 0.25) is 0 Å². The Morgan fingerprint density at radius 2 is 1.72 bits per heavy atom. The van der Waals surface area contributed by atoms with Gasteiger partial charge in [0.05, 0.1) is 20.1 Å². The van der Waals surface area contributed by atoms with E-state index in [-0.39, 0.29) is 19.6 Å². The van der Waals surface area contributed by atoms with Crippen molar-refractivity contribution in [3.63, 3.8) is 0 Å². The van der Waals surface area contributed by atoms with Crippen molar-refractivity contribution in [3.05, 3.63) is 88.4 Å². The van der Waals surface area contributed by atoms with Crippen molar-refractivity contribution in [3.8, 4) is 16.9 Å². The highest BCUT2D eigenvalue weighted by atomic mass is 35.5. The van der Waals surface area contributed by atoms with E-state index in [4.69, 9.17) is 26.2 Å². The molecule has 0 atom stereocenters. The first-order valence-electron chi connectivity index (χ1n) is 10.1. The smallest absolute Gasteiger partial charge is 0.407 e. The molecule has 1 amide bonds. The SMILES string of the molecule is COc1ccc(-c2cccc(CC(=O)O)c2)cc1CNC(=O)OCCc1ccc(Cl)cc1. The molecule has 0 spiro atoms. The molecule has 0 saturated heterocycles. The number of amides is 1. The molecule has 3 rings (SSSR count). The molecular formula is C25H24ClNO5. The summed E-state index contributed by atoms with van der Waals surface area (Å²) in [5.74, 6) is -0.242. The minimum Gasteiger partial charge on any atom is -0.496 e. The van der Waals surface area contributed by atoms with Gasteiger partial charge in [-0.1, -0.05) is 54.1 Å². The maximum Gasteiger partial charge on any atom is 0.407 e.